The molecule has 0 fully saturated rings. The molecule has 0 radical (unpaired) electrons. The molecule has 1 N–H and O–H groups in total. The zero-order valence-corrected chi connectivity index (χ0v) is 13.7. The molecule has 1 aromatic rings. The number of aromatic carboxylic acids is 1. The van der Waals surface area contributed by atoms with Crippen molar-refractivity contribution in [1.29, 1.82) is 0 Å². The highest BCUT2D eigenvalue weighted by Gasteiger charge is 2.30. The summed E-state index contributed by atoms with van der Waals surface area (Å²) in [4.78, 5) is 27.7. The van der Waals surface area contributed by atoms with E-state index in [-0.39, 0.29) is 23.4 Å². The van der Waals surface area contributed by atoms with Gasteiger partial charge in [0.15, 0.2) is 0 Å². The second kappa shape index (κ2) is 6.48. The lowest BCUT2D eigenvalue weighted by atomic mass is 9.95. The van der Waals surface area contributed by atoms with Crippen LogP contribution in [0.5, 0.6) is 0 Å². The van der Waals surface area contributed by atoms with Gasteiger partial charge < -0.3 is 10.0 Å². The first-order chi connectivity index (χ1) is 10.3. The first kappa shape index (κ1) is 16.5. The summed E-state index contributed by atoms with van der Waals surface area (Å²) in [6, 6.07) is 5.04. The van der Waals surface area contributed by atoms with Gasteiger partial charge in [-0.05, 0) is 49.7 Å². The van der Waals surface area contributed by atoms with Crippen molar-refractivity contribution in [1.82, 2.24) is 9.80 Å². The molecule has 1 aliphatic heterocycles. The van der Waals surface area contributed by atoms with Crippen LogP contribution in [-0.4, -0.2) is 53.5 Å². The number of carbonyl (C=O) groups excluding carboxylic acids is 1. The molecule has 22 heavy (non-hydrogen) atoms. The van der Waals surface area contributed by atoms with Crippen LogP contribution in [0.4, 0.5) is 0 Å². The molecule has 120 valence electrons. The lowest BCUT2D eigenvalue weighted by molar-refractivity contribution is -0.138. The van der Waals surface area contributed by atoms with E-state index in [0.717, 1.165) is 17.5 Å². The van der Waals surface area contributed by atoms with Crippen molar-refractivity contribution in [2.24, 2.45) is 5.92 Å². The molecule has 1 atom stereocenters. The van der Waals surface area contributed by atoms with Crippen LogP contribution in [0.25, 0.3) is 0 Å². The van der Waals surface area contributed by atoms with Crippen molar-refractivity contribution in [2.45, 2.75) is 32.9 Å². The Kier molecular flexibility index (Phi) is 4.86. The van der Waals surface area contributed by atoms with Crippen LogP contribution in [0, 0.1) is 5.92 Å². The zero-order valence-electron chi connectivity index (χ0n) is 13.7. The first-order valence-electron chi connectivity index (χ1n) is 7.61. The molecule has 0 saturated carbocycles. The van der Waals surface area contributed by atoms with Crippen LogP contribution < -0.4 is 0 Å². The number of hydrogen-bond acceptors (Lipinski definition) is 3. The number of carboxylic acid groups (broad SMARTS) is 1. The summed E-state index contributed by atoms with van der Waals surface area (Å²) >= 11 is 0. The number of carboxylic acids is 1. The smallest absolute Gasteiger partial charge is 0.335 e. The standard InChI is InChI=1S/C17H24N2O3/c1-11(2)15(18(3)4)16(20)19-8-7-12-5-6-13(17(21)22)9-14(12)10-19/h5-6,9,11,15H,7-8,10H2,1-4H3,(H,21,22)/t15-/m0/s1. The van der Waals surface area contributed by atoms with Gasteiger partial charge in [0.1, 0.15) is 0 Å². The number of likely N-dealkylation sites (N-methyl/N-ethyl adjacent to an activating group) is 1. The summed E-state index contributed by atoms with van der Waals surface area (Å²) in [5, 5.41) is 9.11. The van der Waals surface area contributed by atoms with Gasteiger partial charge in [0.2, 0.25) is 5.91 Å². The molecular weight excluding hydrogens is 280 g/mol. The number of hydrogen-bond donors (Lipinski definition) is 1. The van der Waals surface area contributed by atoms with E-state index in [9.17, 15) is 9.59 Å². The minimum absolute atomic E-state index is 0.117. The Morgan fingerprint density at radius 2 is 1.91 bits per heavy atom. The van der Waals surface area contributed by atoms with Crippen molar-refractivity contribution in [3.05, 3.63) is 34.9 Å². The van der Waals surface area contributed by atoms with Crippen LogP contribution in [0.15, 0.2) is 18.2 Å². The van der Waals surface area contributed by atoms with Crippen molar-refractivity contribution in [3.8, 4) is 0 Å². The van der Waals surface area contributed by atoms with Gasteiger partial charge in [0.25, 0.3) is 0 Å². The van der Waals surface area contributed by atoms with Crippen LogP contribution in [0.1, 0.15) is 35.3 Å². The number of benzene rings is 1. The summed E-state index contributed by atoms with van der Waals surface area (Å²) in [6.45, 7) is 5.27. The summed E-state index contributed by atoms with van der Waals surface area (Å²) in [5.41, 5.74) is 2.36. The summed E-state index contributed by atoms with van der Waals surface area (Å²) < 4.78 is 0. The minimum atomic E-state index is -0.931. The predicted molar refractivity (Wildman–Crippen MR) is 84.8 cm³/mol. The van der Waals surface area contributed by atoms with Crippen LogP contribution in [0.3, 0.4) is 0 Å². The van der Waals surface area contributed by atoms with Gasteiger partial charge in [-0.3, -0.25) is 9.69 Å². The molecule has 0 spiro atoms. The molecular formula is C17H24N2O3. The molecule has 5 heteroatoms. The van der Waals surface area contributed by atoms with Gasteiger partial charge in [-0.15, -0.1) is 0 Å². The summed E-state index contributed by atoms with van der Waals surface area (Å²) in [5.74, 6) is -0.583. The van der Waals surface area contributed by atoms with Crippen molar-refractivity contribution >= 4 is 11.9 Å². The third kappa shape index (κ3) is 3.30. The van der Waals surface area contributed by atoms with E-state index >= 15 is 0 Å². The number of carbonyl (C=O) groups is 2. The van der Waals surface area contributed by atoms with Crippen LogP contribution in [0.2, 0.25) is 0 Å². The Labute approximate surface area is 131 Å². The van der Waals surface area contributed by atoms with Gasteiger partial charge >= 0.3 is 5.97 Å². The highest BCUT2D eigenvalue weighted by molar-refractivity contribution is 5.88. The van der Waals surface area contributed by atoms with Crippen LogP contribution in [-0.2, 0) is 17.8 Å². The fraction of sp³-hybridized carbons (Fsp3) is 0.529. The van der Waals surface area contributed by atoms with Gasteiger partial charge in [-0.25, -0.2) is 4.79 Å². The molecule has 1 heterocycles. The number of amides is 1. The molecule has 0 aromatic heterocycles. The Morgan fingerprint density at radius 3 is 2.45 bits per heavy atom. The Bertz CT molecular complexity index is 573. The fourth-order valence-electron chi connectivity index (χ4n) is 3.17. The van der Waals surface area contributed by atoms with E-state index in [1.165, 1.54) is 0 Å². The van der Waals surface area contributed by atoms with Gasteiger partial charge in [-0.1, -0.05) is 19.9 Å². The van der Waals surface area contributed by atoms with Crippen molar-refractivity contribution in [3.63, 3.8) is 0 Å². The monoisotopic (exact) mass is 304 g/mol. The number of nitrogens with zero attached hydrogens (tertiary/aromatic N) is 2. The molecule has 0 aliphatic carbocycles. The van der Waals surface area contributed by atoms with Crippen LogP contribution >= 0.6 is 0 Å². The zero-order chi connectivity index (χ0) is 16.4. The Hall–Kier alpha value is -1.88. The third-order valence-corrected chi connectivity index (χ3v) is 4.22. The average molecular weight is 304 g/mol. The minimum Gasteiger partial charge on any atom is -0.478 e. The van der Waals surface area contributed by atoms with E-state index in [1.807, 2.05) is 43.8 Å². The highest BCUT2D eigenvalue weighted by atomic mass is 16.4. The van der Waals surface area contributed by atoms with E-state index in [0.29, 0.717) is 13.1 Å². The second-order valence-electron chi connectivity index (χ2n) is 6.45. The van der Waals surface area contributed by atoms with E-state index in [2.05, 4.69) is 0 Å². The number of rotatable bonds is 4. The molecule has 0 unspecified atom stereocenters. The van der Waals surface area contributed by atoms with Gasteiger partial charge in [0, 0.05) is 13.1 Å². The van der Waals surface area contributed by atoms with Gasteiger partial charge in [-0.2, -0.15) is 0 Å². The van der Waals surface area contributed by atoms with E-state index in [1.54, 1.807) is 12.1 Å². The van der Waals surface area contributed by atoms with Crippen molar-refractivity contribution in [2.75, 3.05) is 20.6 Å². The quantitative estimate of drug-likeness (QED) is 0.922. The second-order valence-corrected chi connectivity index (χ2v) is 6.45. The molecule has 5 nitrogen and oxygen atoms in total. The topological polar surface area (TPSA) is 60.9 Å². The highest BCUT2D eigenvalue weighted by Crippen LogP contribution is 2.23. The molecule has 0 saturated heterocycles. The molecule has 2 rings (SSSR count). The van der Waals surface area contributed by atoms with Crippen molar-refractivity contribution < 1.29 is 14.7 Å². The lowest BCUT2D eigenvalue weighted by Gasteiger charge is -2.35. The van der Waals surface area contributed by atoms with E-state index < -0.39 is 5.97 Å². The Morgan fingerprint density at radius 1 is 1.23 bits per heavy atom. The predicted octanol–water partition coefficient (Wildman–Crippen LogP) is 1.86. The fourth-order valence-corrected chi connectivity index (χ4v) is 3.17. The van der Waals surface area contributed by atoms with E-state index in [4.69, 9.17) is 5.11 Å². The largest absolute Gasteiger partial charge is 0.478 e. The maximum atomic E-state index is 12.8. The maximum Gasteiger partial charge on any atom is 0.335 e. The molecule has 0 bridgehead atoms. The number of fused-ring (bicyclic) bond motifs is 1. The lowest BCUT2D eigenvalue weighted by Crippen LogP contribution is -2.50. The summed E-state index contributed by atoms with van der Waals surface area (Å²) in [7, 11) is 3.84. The third-order valence-electron chi connectivity index (χ3n) is 4.22. The molecule has 1 aromatic carbocycles. The maximum absolute atomic E-state index is 12.8. The molecule has 1 amide bonds. The Balaban J connectivity index is 2.22. The molecule has 1 aliphatic rings. The summed E-state index contributed by atoms with van der Waals surface area (Å²) in [6.07, 6.45) is 0.777. The average Bonchev–Trinajstić information content (AvgIpc) is 2.45. The normalized spacial score (nSPS) is 15.8. The van der Waals surface area contributed by atoms with Gasteiger partial charge in [0.05, 0.1) is 11.6 Å². The SMILES string of the molecule is CC(C)[C@@H](C(=O)N1CCc2ccc(C(=O)O)cc2C1)N(C)C. The first-order valence-corrected chi connectivity index (χ1v) is 7.61.